The van der Waals surface area contributed by atoms with Gasteiger partial charge in [-0.2, -0.15) is 5.10 Å². The van der Waals surface area contributed by atoms with Gasteiger partial charge in [0.1, 0.15) is 17.9 Å². The monoisotopic (exact) mass is 484 g/mol. The minimum Gasteiger partial charge on any atom is -0.504 e. The Morgan fingerprint density at radius 1 is 1.31 bits per heavy atom. The summed E-state index contributed by atoms with van der Waals surface area (Å²) in [7, 11) is 0. The second-order valence-corrected chi connectivity index (χ2v) is 9.65. The molecule has 0 aliphatic carbocycles. The van der Waals surface area contributed by atoms with E-state index in [4.69, 9.17) is 14.2 Å². The highest BCUT2D eigenvalue weighted by Gasteiger charge is 2.36. The van der Waals surface area contributed by atoms with Crippen molar-refractivity contribution in [3.63, 3.8) is 0 Å². The van der Waals surface area contributed by atoms with Crippen LogP contribution in [0.15, 0.2) is 48.4 Å². The number of aromatic nitrogens is 2. The molecule has 0 bridgehead atoms. The quantitative estimate of drug-likeness (QED) is 0.562. The van der Waals surface area contributed by atoms with E-state index in [2.05, 4.69) is 10.4 Å². The fourth-order valence-electron chi connectivity index (χ4n) is 4.15. The number of phenols is 1. The van der Waals surface area contributed by atoms with E-state index in [1.54, 1.807) is 35.1 Å². The summed E-state index contributed by atoms with van der Waals surface area (Å²) in [6, 6.07) is 7.53. The molecule has 10 nitrogen and oxygen atoms in total. The number of hydrogen-bond acceptors (Lipinski definition) is 7. The summed E-state index contributed by atoms with van der Waals surface area (Å²) in [4.78, 5) is 27.5. The van der Waals surface area contributed by atoms with E-state index in [0.29, 0.717) is 31.1 Å². The number of carbonyl (C=O) groups is 2. The fraction of sp³-hybridized carbons (Fsp3) is 0.480. The molecule has 35 heavy (non-hydrogen) atoms. The molecule has 2 amide bonds. The summed E-state index contributed by atoms with van der Waals surface area (Å²) in [5.41, 5.74) is 0. The van der Waals surface area contributed by atoms with E-state index in [1.165, 1.54) is 17.0 Å². The zero-order valence-corrected chi connectivity index (χ0v) is 20.4. The van der Waals surface area contributed by atoms with Crippen molar-refractivity contribution in [3.05, 3.63) is 48.4 Å². The summed E-state index contributed by atoms with van der Waals surface area (Å²) in [6.07, 6.45) is 3.46. The van der Waals surface area contributed by atoms with E-state index >= 15 is 0 Å². The maximum absolute atomic E-state index is 13.2. The molecule has 1 saturated heterocycles. The third-order valence-electron chi connectivity index (χ3n) is 5.72. The van der Waals surface area contributed by atoms with Gasteiger partial charge in [-0.15, -0.1) is 0 Å². The van der Waals surface area contributed by atoms with Crippen molar-refractivity contribution in [2.75, 3.05) is 18.5 Å². The van der Waals surface area contributed by atoms with Gasteiger partial charge in [0.05, 0.1) is 19.7 Å². The summed E-state index contributed by atoms with van der Waals surface area (Å²) in [6.45, 7) is 8.81. The molecule has 2 aliphatic heterocycles. The predicted octanol–water partition coefficient (Wildman–Crippen LogP) is 2.90. The number of benzene rings is 1. The highest BCUT2D eigenvalue weighted by molar-refractivity contribution is 5.99. The van der Waals surface area contributed by atoms with Gasteiger partial charge in [-0.25, -0.2) is 0 Å². The van der Waals surface area contributed by atoms with Gasteiger partial charge in [-0.05, 0) is 38.3 Å². The number of ether oxygens (including phenoxy) is 3. The van der Waals surface area contributed by atoms with Gasteiger partial charge in [0.25, 0.3) is 5.91 Å². The van der Waals surface area contributed by atoms with Crippen LogP contribution in [0.1, 0.15) is 34.1 Å². The lowest BCUT2D eigenvalue weighted by Gasteiger charge is -2.28. The third-order valence-corrected chi connectivity index (χ3v) is 5.72. The second kappa shape index (κ2) is 10.1. The molecule has 1 aromatic heterocycles. The van der Waals surface area contributed by atoms with Crippen LogP contribution < -0.4 is 10.1 Å². The summed E-state index contributed by atoms with van der Waals surface area (Å²) in [5.74, 6) is -0.0950. The number of nitrogens with one attached hydrogen (secondary N) is 1. The first-order chi connectivity index (χ1) is 16.6. The first kappa shape index (κ1) is 24.7. The largest absolute Gasteiger partial charge is 0.504 e. The van der Waals surface area contributed by atoms with Crippen molar-refractivity contribution in [1.82, 2.24) is 14.7 Å². The number of amides is 2. The minimum absolute atomic E-state index is 0.0236. The number of carbonyl (C=O) groups excluding carboxylic acids is 2. The molecule has 0 unspecified atom stereocenters. The average Bonchev–Trinajstić information content (AvgIpc) is 3.46. The van der Waals surface area contributed by atoms with E-state index in [-0.39, 0.29) is 41.9 Å². The maximum atomic E-state index is 13.2. The molecule has 3 heterocycles. The third kappa shape index (κ3) is 6.20. The Kier molecular flexibility index (Phi) is 7.13. The van der Waals surface area contributed by atoms with Crippen molar-refractivity contribution in [1.29, 1.82) is 0 Å². The summed E-state index contributed by atoms with van der Waals surface area (Å²) < 4.78 is 18.8. The molecule has 2 N–H and O–H groups in total. The number of hydrogen-bond donors (Lipinski definition) is 2. The molecule has 1 fully saturated rings. The van der Waals surface area contributed by atoms with Crippen LogP contribution in [-0.2, 0) is 25.6 Å². The normalized spacial score (nSPS) is 20.3. The van der Waals surface area contributed by atoms with Gasteiger partial charge < -0.3 is 29.5 Å². The molecule has 0 saturated carbocycles. The van der Waals surface area contributed by atoms with Crippen LogP contribution in [0.3, 0.4) is 0 Å². The van der Waals surface area contributed by atoms with Crippen LogP contribution >= 0.6 is 0 Å². The number of anilines is 1. The minimum atomic E-state index is -0.707. The Labute approximate surface area is 204 Å². The lowest BCUT2D eigenvalue weighted by atomic mass is 10.0. The van der Waals surface area contributed by atoms with Crippen molar-refractivity contribution in [2.24, 2.45) is 5.92 Å². The first-order valence-electron chi connectivity index (χ1n) is 11.7. The van der Waals surface area contributed by atoms with Crippen molar-refractivity contribution < 1.29 is 28.9 Å². The molecule has 2 atom stereocenters. The lowest BCUT2D eigenvalue weighted by Crippen LogP contribution is -2.46. The van der Waals surface area contributed by atoms with E-state index in [9.17, 15) is 14.7 Å². The zero-order valence-electron chi connectivity index (χ0n) is 20.4. The Morgan fingerprint density at radius 3 is 2.77 bits per heavy atom. The molecule has 1 aromatic carbocycles. The van der Waals surface area contributed by atoms with Crippen molar-refractivity contribution >= 4 is 17.6 Å². The van der Waals surface area contributed by atoms with E-state index in [1.807, 2.05) is 27.7 Å². The number of nitrogens with zero attached hydrogens (tertiary/aromatic N) is 3. The second-order valence-electron chi connectivity index (χ2n) is 9.65. The number of phenolic OH excluding ortho intramolecular Hbond substituents is 1. The van der Waals surface area contributed by atoms with Crippen molar-refractivity contribution in [2.45, 2.75) is 58.6 Å². The van der Waals surface area contributed by atoms with Gasteiger partial charge in [-0.3, -0.25) is 14.3 Å². The van der Waals surface area contributed by atoms with E-state index in [0.717, 1.165) is 0 Å². The lowest BCUT2D eigenvalue weighted by molar-refractivity contribution is -0.139. The van der Waals surface area contributed by atoms with Crippen LogP contribution in [-0.4, -0.2) is 62.7 Å². The molecule has 2 aromatic rings. The molecule has 0 radical (unpaired) electrons. The number of rotatable bonds is 9. The van der Waals surface area contributed by atoms with Crippen molar-refractivity contribution in [3.8, 4) is 11.5 Å². The van der Waals surface area contributed by atoms with Gasteiger partial charge in [0.15, 0.2) is 23.1 Å². The Hall–Kier alpha value is -3.37. The van der Waals surface area contributed by atoms with Crippen LogP contribution in [0.4, 0.5) is 5.82 Å². The van der Waals surface area contributed by atoms with E-state index < -0.39 is 11.8 Å². The average molecular weight is 485 g/mol. The maximum Gasteiger partial charge on any atom is 0.251 e. The molecular weight excluding hydrogens is 452 g/mol. The van der Waals surface area contributed by atoms with Gasteiger partial charge in [-0.1, -0.05) is 26.0 Å². The van der Waals surface area contributed by atoms with Crippen LogP contribution in [0, 0.1) is 5.92 Å². The molecule has 10 heteroatoms. The number of para-hydroxylation sites is 2. The first-order valence-corrected chi connectivity index (χ1v) is 11.7. The molecule has 0 spiro atoms. The van der Waals surface area contributed by atoms with Crippen LogP contribution in [0.5, 0.6) is 11.5 Å². The Morgan fingerprint density at radius 2 is 2.09 bits per heavy atom. The molecular formula is C25H32N4O6. The summed E-state index contributed by atoms with van der Waals surface area (Å²) >= 11 is 0. The van der Waals surface area contributed by atoms with Crippen LogP contribution in [0.25, 0.3) is 0 Å². The topological polar surface area (TPSA) is 115 Å². The summed E-state index contributed by atoms with van der Waals surface area (Å²) in [5, 5.41) is 17.2. The fourth-order valence-corrected chi connectivity index (χ4v) is 4.15. The van der Waals surface area contributed by atoms with Gasteiger partial charge >= 0.3 is 0 Å². The smallest absolute Gasteiger partial charge is 0.251 e. The highest BCUT2D eigenvalue weighted by atomic mass is 16.7. The Bertz CT molecular complexity index is 1110. The zero-order chi connectivity index (χ0) is 25.2. The standard InChI is InChI=1S/C25H32N4O6/c1-16(2)11-19(29-14-17(12-23(29)31)34-21-8-6-5-7-20(21)30)24(32)26-22-9-10-28(27-22)13-18-15-33-25(3,4)35-18/h5-10,12,16,18-19,30H,11,13-15H2,1-4H3,(H,26,27,32)/t18-,19+/m1/s1. The highest BCUT2D eigenvalue weighted by Crippen LogP contribution is 2.29. The SMILES string of the molecule is CC(C)C[C@@H](C(=O)Nc1ccn(C[C@@H]2COC(C)(C)O2)n1)N1CC(Oc2ccccc2O)=CC1=O. The molecule has 2 aliphatic rings. The molecule has 4 rings (SSSR count). The Balaban J connectivity index is 1.40. The number of aromatic hydroxyl groups is 1. The van der Waals surface area contributed by atoms with Crippen LogP contribution in [0.2, 0.25) is 0 Å². The molecule has 188 valence electrons. The van der Waals surface area contributed by atoms with Gasteiger partial charge in [0.2, 0.25) is 5.91 Å². The van der Waals surface area contributed by atoms with Gasteiger partial charge in [0, 0.05) is 18.3 Å². The predicted molar refractivity (Wildman–Crippen MR) is 128 cm³/mol.